The minimum atomic E-state index is -0.133. The number of fused-ring (bicyclic) bond motifs is 1. The normalized spacial score (nSPS) is 20.2. The van der Waals surface area contributed by atoms with Crippen molar-refractivity contribution in [2.45, 2.75) is 52.9 Å². The lowest BCUT2D eigenvalue weighted by atomic mass is 9.85. The van der Waals surface area contributed by atoms with Crippen LogP contribution >= 0.6 is 0 Å². The quantitative estimate of drug-likeness (QED) is 0.665. The third kappa shape index (κ3) is 2.07. The minimum absolute atomic E-state index is 0.133. The topological polar surface area (TPSA) is 18.5 Å². The summed E-state index contributed by atoms with van der Waals surface area (Å²) in [6, 6.07) is 4.42. The van der Waals surface area contributed by atoms with Crippen molar-refractivity contribution in [2.75, 3.05) is 0 Å². The molecule has 1 aromatic carbocycles. The first-order valence-electron chi connectivity index (χ1n) is 5.80. The third-order valence-corrected chi connectivity index (χ3v) is 2.97. The van der Waals surface area contributed by atoms with Crippen LogP contribution < -0.4 is 4.74 Å². The monoisotopic (exact) mass is 220 g/mol. The van der Waals surface area contributed by atoms with Crippen molar-refractivity contribution in [3.8, 4) is 5.75 Å². The number of hydrogen-bond acceptors (Lipinski definition) is 2. The Hall–Kier alpha value is -1.02. The molecule has 0 N–H and O–H groups in total. The fourth-order valence-electron chi connectivity index (χ4n) is 1.96. The lowest BCUT2D eigenvalue weighted by Crippen LogP contribution is -2.23. The average molecular weight is 220 g/mol. The molecule has 0 saturated heterocycles. The van der Waals surface area contributed by atoms with Gasteiger partial charge in [-0.15, -0.1) is 0 Å². The zero-order chi connectivity index (χ0) is 11.9. The molecule has 0 bridgehead atoms. The van der Waals surface area contributed by atoms with Crippen molar-refractivity contribution >= 4 is 0 Å². The minimum Gasteiger partial charge on any atom is -0.465 e. The van der Waals surface area contributed by atoms with Crippen LogP contribution in [0.1, 0.15) is 44.4 Å². The van der Waals surface area contributed by atoms with Crippen LogP contribution in [0.4, 0.5) is 0 Å². The van der Waals surface area contributed by atoms with Crippen molar-refractivity contribution in [3.05, 3.63) is 28.8 Å². The second-order valence-corrected chi connectivity index (χ2v) is 5.53. The van der Waals surface area contributed by atoms with E-state index in [9.17, 15) is 0 Å². The van der Waals surface area contributed by atoms with Crippen molar-refractivity contribution in [1.82, 2.24) is 0 Å². The highest BCUT2D eigenvalue weighted by Crippen LogP contribution is 2.34. The number of benzene rings is 1. The molecule has 0 fully saturated rings. The second-order valence-electron chi connectivity index (χ2n) is 5.53. The molecule has 0 spiro atoms. The van der Waals surface area contributed by atoms with Gasteiger partial charge in [0.05, 0.1) is 6.61 Å². The standard InChI is InChI=1S/C14H20O2/c1-9-6-12(14(3,4)5)7-11-8-15-10(2)16-13(9)11/h6-7,10H,8H2,1-5H3. The summed E-state index contributed by atoms with van der Waals surface area (Å²) >= 11 is 0. The number of aryl methyl sites for hydroxylation is 1. The largest absolute Gasteiger partial charge is 0.465 e. The molecule has 0 amide bonds. The highest BCUT2D eigenvalue weighted by Gasteiger charge is 2.22. The van der Waals surface area contributed by atoms with Gasteiger partial charge in [-0.2, -0.15) is 0 Å². The highest BCUT2D eigenvalue weighted by molar-refractivity contribution is 5.46. The number of rotatable bonds is 0. The van der Waals surface area contributed by atoms with E-state index in [0.29, 0.717) is 6.61 Å². The molecule has 1 unspecified atom stereocenters. The Morgan fingerprint density at radius 3 is 2.56 bits per heavy atom. The number of hydrogen-bond donors (Lipinski definition) is 0. The van der Waals surface area contributed by atoms with Gasteiger partial charge < -0.3 is 9.47 Å². The zero-order valence-electron chi connectivity index (χ0n) is 10.8. The predicted octanol–water partition coefficient (Wildman–Crippen LogP) is 3.55. The van der Waals surface area contributed by atoms with Gasteiger partial charge in [0.15, 0.2) is 6.29 Å². The van der Waals surface area contributed by atoms with Crippen molar-refractivity contribution in [3.63, 3.8) is 0 Å². The van der Waals surface area contributed by atoms with Crippen LogP contribution in [0.15, 0.2) is 12.1 Å². The average Bonchev–Trinajstić information content (AvgIpc) is 2.17. The fraction of sp³-hybridized carbons (Fsp3) is 0.571. The molecule has 1 aliphatic heterocycles. The van der Waals surface area contributed by atoms with Gasteiger partial charge in [-0.25, -0.2) is 0 Å². The summed E-state index contributed by atoms with van der Waals surface area (Å²) in [6.07, 6.45) is -0.133. The first-order chi connectivity index (χ1) is 7.38. The highest BCUT2D eigenvalue weighted by atomic mass is 16.7. The van der Waals surface area contributed by atoms with Crippen LogP contribution in [-0.4, -0.2) is 6.29 Å². The Morgan fingerprint density at radius 1 is 1.25 bits per heavy atom. The molecule has 2 rings (SSSR count). The molecular formula is C14H20O2. The van der Waals surface area contributed by atoms with Crippen LogP contribution in [0, 0.1) is 6.92 Å². The Bertz CT molecular complexity index is 402. The Labute approximate surface area is 97.6 Å². The third-order valence-electron chi connectivity index (χ3n) is 2.97. The van der Waals surface area contributed by atoms with Gasteiger partial charge in [-0.3, -0.25) is 0 Å². The predicted molar refractivity (Wildman–Crippen MR) is 64.8 cm³/mol. The molecule has 2 heteroatoms. The van der Waals surface area contributed by atoms with Crippen LogP contribution in [0.25, 0.3) is 0 Å². The van der Waals surface area contributed by atoms with Gasteiger partial charge in [0.2, 0.25) is 0 Å². The van der Waals surface area contributed by atoms with E-state index >= 15 is 0 Å². The maximum Gasteiger partial charge on any atom is 0.197 e. The van der Waals surface area contributed by atoms with Gasteiger partial charge in [-0.05, 0) is 36.5 Å². The molecule has 1 aliphatic rings. The SMILES string of the molecule is Cc1cc(C(C)(C)C)cc2c1OC(C)OC2. The summed E-state index contributed by atoms with van der Waals surface area (Å²) < 4.78 is 11.2. The van der Waals surface area contributed by atoms with E-state index in [1.807, 2.05) is 6.92 Å². The molecule has 1 aromatic rings. The zero-order valence-corrected chi connectivity index (χ0v) is 10.8. The van der Waals surface area contributed by atoms with Gasteiger partial charge in [0, 0.05) is 5.56 Å². The molecule has 1 heterocycles. The smallest absolute Gasteiger partial charge is 0.197 e. The Balaban J connectivity index is 2.47. The Kier molecular flexibility index (Phi) is 2.70. The summed E-state index contributed by atoms with van der Waals surface area (Å²) in [5, 5.41) is 0. The summed E-state index contributed by atoms with van der Waals surface area (Å²) in [5.41, 5.74) is 3.88. The summed E-state index contributed by atoms with van der Waals surface area (Å²) in [4.78, 5) is 0. The summed E-state index contributed by atoms with van der Waals surface area (Å²) in [6.45, 7) is 11.4. The van der Waals surface area contributed by atoms with E-state index in [0.717, 1.165) is 5.75 Å². The lowest BCUT2D eigenvalue weighted by molar-refractivity contribution is -0.0948. The molecule has 16 heavy (non-hydrogen) atoms. The van der Waals surface area contributed by atoms with E-state index in [2.05, 4.69) is 39.8 Å². The van der Waals surface area contributed by atoms with Gasteiger partial charge in [0.1, 0.15) is 5.75 Å². The van der Waals surface area contributed by atoms with Crippen molar-refractivity contribution < 1.29 is 9.47 Å². The first kappa shape index (κ1) is 11.5. The van der Waals surface area contributed by atoms with E-state index in [1.165, 1.54) is 16.7 Å². The summed E-state index contributed by atoms with van der Waals surface area (Å²) in [7, 11) is 0. The molecule has 0 aliphatic carbocycles. The molecule has 88 valence electrons. The van der Waals surface area contributed by atoms with Crippen LogP contribution in [0.3, 0.4) is 0 Å². The van der Waals surface area contributed by atoms with Gasteiger partial charge >= 0.3 is 0 Å². The molecule has 0 radical (unpaired) electrons. The van der Waals surface area contributed by atoms with Crippen molar-refractivity contribution in [1.29, 1.82) is 0 Å². The molecular weight excluding hydrogens is 200 g/mol. The van der Waals surface area contributed by atoms with E-state index in [-0.39, 0.29) is 11.7 Å². The molecule has 0 saturated carbocycles. The second kappa shape index (κ2) is 3.77. The lowest BCUT2D eigenvalue weighted by Gasteiger charge is -2.28. The molecule has 2 nitrogen and oxygen atoms in total. The van der Waals surface area contributed by atoms with Crippen LogP contribution in [0.5, 0.6) is 5.75 Å². The maximum absolute atomic E-state index is 5.71. The van der Waals surface area contributed by atoms with Gasteiger partial charge in [0.25, 0.3) is 0 Å². The summed E-state index contributed by atoms with van der Waals surface area (Å²) in [5.74, 6) is 1.01. The van der Waals surface area contributed by atoms with E-state index < -0.39 is 0 Å². The maximum atomic E-state index is 5.71. The first-order valence-corrected chi connectivity index (χ1v) is 5.80. The number of ether oxygens (including phenoxy) is 2. The van der Waals surface area contributed by atoms with Crippen molar-refractivity contribution in [2.24, 2.45) is 0 Å². The van der Waals surface area contributed by atoms with Gasteiger partial charge in [-0.1, -0.05) is 26.8 Å². The molecule has 1 atom stereocenters. The molecule has 0 aromatic heterocycles. The fourth-order valence-corrected chi connectivity index (χ4v) is 1.96. The van der Waals surface area contributed by atoms with Crippen LogP contribution in [0.2, 0.25) is 0 Å². The van der Waals surface area contributed by atoms with E-state index in [1.54, 1.807) is 0 Å². The van der Waals surface area contributed by atoms with E-state index in [4.69, 9.17) is 9.47 Å². The Morgan fingerprint density at radius 2 is 1.94 bits per heavy atom. The van der Waals surface area contributed by atoms with Crippen LogP contribution in [-0.2, 0) is 16.8 Å².